The van der Waals surface area contributed by atoms with Gasteiger partial charge in [0.2, 0.25) is 5.91 Å². The van der Waals surface area contributed by atoms with Crippen molar-refractivity contribution in [2.45, 2.75) is 6.92 Å². The lowest BCUT2D eigenvalue weighted by atomic mass is 10.2. The van der Waals surface area contributed by atoms with Gasteiger partial charge in [-0.05, 0) is 42.8 Å². The molecule has 2 rings (SSSR count). The SMILES string of the molecule is CCOc1ccc(NC(=O)/C=C/c2ccc(OC)c(OC)c2)c([N+](=O)[O-])c1. The van der Waals surface area contributed by atoms with Crippen LogP contribution < -0.4 is 19.5 Å². The summed E-state index contributed by atoms with van der Waals surface area (Å²) in [7, 11) is 3.05. The second-order valence-corrected chi connectivity index (χ2v) is 5.31. The molecule has 0 heterocycles. The predicted molar refractivity (Wildman–Crippen MR) is 101 cm³/mol. The second-order valence-electron chi connectivity index (χ2n) is 5.31. The average molecular weight is 372 g/mol. The molecule has 0 saturated heterocycles. The first kappa shape index (κ1) is 19.8. The number of carbonyl (C=O) groups is 1. The van der Waals surface area contributed by atoms with Gasteiger partial charge < -0.3 is 19.5 Å². The number of nitro benzene ring substituents is 1. The van der Waals surface area contributed by atoms with Crippen molar-refractivity contribution < 1.29 is 23.9 Å². The van der Waals surface area contributed by atoms with Gasteiger partial charge in [0.1, 0.15) is 11.4 Å². The molecule has 0 aliphatic carbocycles. The third-order valence-corrected chi connectivity index (χ3v) is 3.57. The molecule has 0 bridgehead atoms. The molecule has 1 N–H and O–H groups in total. The van der Waals surface area contributed by atoms with Gasteiger partial charge >= 0.3 is 0 Å². The molecular formula is C19H20N2O6. The zero-order valence-corrected chi connectivity index (χ0v) is 15.2. The number of amides is 1. The Morgan fingerprint density at radius 3 is 2.52 bits per heavy atom. The van der Waals surface area contributed by atoms with Gasteiger partial charge in [0.05, 0.1) is 31.8 Å². The maximum Gasteiger partial charge on any atom is 0.296 e. The van der Waals surface area contributed by atoms with Gasteiger partial charge in [0, 0.05) is 6.08 Å². The van der Waals surface area contributed by atoms with Gasteiger partial charge in [0.15, 0.2) is 11.5 Å². The molecule has 0 aliphatic rings. The van der Waals surface area contributed by atoms with Crippen molar-refractivity contribution in [2.75, 3.05) is 26.1 Å². The molecule has 0 radical (unpaired) electrons. The molecule has 0 atom stereocenters. The molecule has 0 fully saturated rings. The number of nitrogens with one attached hydrogen (secondary N) is 1. The highest BCUT2D eigenvalue weighted by molar-refractivity contribution is 6.03. The van der Waals surface area contributed by atoms with E-state index in [0.29, 0.717) is 29.4 Å². The lowest BCUT2D eigenvalue weighted by molar-refractivity contribution is -0.384. The first-order valence-electron chi connectivity index (χ1n) is 8.10. The van der Waals surface area contributed by atoms with E-state index in [1.807, 2.05) is 0 Å². The molecule has 142 valence electrons. The zero-order valence-electron chi connectivity index (χ0n) is 15.2. The highest BCUT2D eigenvalue weighted by Gasteiger charge is 2.16. The Hall–Kier alpha value is -3.55. The highest BCUT2D eigenvalue weighted by Crippen LogP contribution is 2.30. The number of anilines is 1. The van der Waals surface area contributed by atoms with Gasteiger partial charge in [-0.25, -0.2) is 0 Å². The quantitative estimate of drug-likeness (QED) is 0.431. The van der Waals surface area contributed by atoms with Gasteiger partial charge in [0.25, 0.3) is 5.69 Å². The number of nitro groups is 1. The molecule has 0 unspecified atom stereocenters. The Kier molecular flexibility index (Phi) is 6.76. The molecule has 2 aromatic carbocycles. The van der Waals surface area contributed by atoms with Crippen LogP contribution in [0.15, 0.2) is 42.5 Å². The lowest BCUT2D eigenvalue weighted by Gasteiger charge is -2.08. The summed E-state index contributed by atoms with van der Waals surface area (Å²) >= 11 is 0. The third kappa shape index (κ3) is 5.21. The van der Waals surface area contributed by atoms with Crippen LogP contribution in [0.5, 0.6) is 17.2 Å². The van der Waals surface area contributed by atoms with Crippen LogP contribution in [-0.4, -0.2) is 31.7 Å². The van der Waals surface area contributed by atoms with E-state index in [1.165, 1.54) is 32.4 Å². The molecule has 2 aromatic rings. The molecule has 27 heavy (non-hydrogen) atoms. The average Bonchev–Trinajstić information content (AvgIpc) is 2.67. The Balaban J connectivity index is 2.15. The van der Waals surface area contributed by atoms with Gasteiger partial charge in [-0.1, -0.05) is 6.07 Å². The summed E-state index contributed by atoms with van der Waals surface area (Å²) in [4.78, 5) is 22.8. The summed E-state index contributed by atoms with van der Waals surface area (Å²) in [5, 5.41) is 13.7. The van der Waals surface area contributed by atoms with E-state index in [0.717, 1.165) is 0 Å². The van der Waals surface area contributed by atoms with Crippen molar-refractivity contribution in [1.29, 1.82) is 0 Å². The predicted octanol–water partition coefficient (Wildman–Crippen LogP) is 3.66. The Labute approximate surface area is 156 Å². The summed E-state index contributed by atoms with van der Waals surface area (Å²) in [5.74, 6) is 0.964. The largest absolute Gasteiger partial charge is 0.494 e. The standard InChI is InChI=1S/C19H20N2O6/c1-4-27-14-7-8-15(16(12-14)21(23)24)20-19(22)10-6-13-5-9-17(25-2)18(11-13)26-3/h5-12H,4H2,1-3H3,(H,20,22)/b10-6+. The van der Waals surface area contributed by atoms with E-state index in [-0.39, 0.29) is 11.4 Å². The number of methoxy groups -OCH3 is 2. The first-order valence-corrected chi connectivity index (χ1v) is 8.10. The summed E-state index contributed by atoms with van der Waals surface area (Å²) in [6.07, 6.45) is 2.85. The molecular weight excluding hydrogens is 352 g/mol. The van der Waals surface area contributed by atoms with E-state index in [9.17, 15) is 14.9 Å². The summed E-state index contributed by atoms with van der Waals surface area (Å²) in [6, 6.07) is 9.45. The third-order valence-electron chi connectivity index (χ3n) is 3.57. The van der Waals surface area contributed by atoms with Crippen LogP contribution in [0.3, 0.4) is 0 Å². The molecule has 0 aliphatic heterocycles. The molecule has 8 heteroatoms. The zero-order chi connectivity index (χ0) is 19.8. The first-order chi connectivity index (χ1) is 13.0. The minimum absolute atomic E-state index is 0.0883. The summed E-state index contributed by atoms with van der Waals surface area (Å²) in [5.41, 5.74) is 0.559. The van der Waals surface area contributed by atoms with Crippen LogP contribution >= 0.6 is 0 Å². The number of benzene rings is 2. The van der Waals surface area contributed by atoms with E-state index >= 15 is 0 Å². The normalized spacial score (nSPS) is 10.5. The number of carbonyl (C=O) groups excluding carboxylic acids is 1. The van der Waals surface area contributed by atoms with Gasteiger partial charge in [-0.3, -0.25) is 14.9 Å². The number of ether oxygens (including phenoxy) is 3. The van der Waals surface area contributed by atoms with Crippen molar-refractivity contribution in [3.63, 3.8) is 0 Å². The number of rotatable bonds is 8. The fourth-order valence-corrected chi connectivity index (χ4v) is 2.33. The Morgan fingerprint density at radius 1 is 1.15 bits per heavy atom. The van der Waals surface area contributed by atoms with E-state index in [1.54, 1.807) is 37.3 Å². The van der Waals surface area contributed by atoms with Crippen LogP contribution in [0.25, 0.3) is 6.08 Å². The smallest absolute Gasteiger partial charge is 0.296 e. The van der Waals surface area contributed by atoms with E-state index in [2.05, 4.69) is 5.32 Å². The highest BCUT2D eigenvalue weighted by atomic mass is 16.6. The van der Waals surface area contributed by atoms with Crippen molar-refractivity contribution in [3.05, 3.63) is 58.2 Å². The minimum atomic E-state index is -0.573. The fourth-order valence-electron chi connectivity index (χ4n) is 2.33. The second kappa shape index (κ2) is 9.23. The monoisotopic (exact) mass is 372 g/mol. The van der Waals surface area contributed by atoms with Gasteiger partial charge in [-0.15, -0.1) is 0 Å². The van der Waals surface area contributed by atoms with Crippen molar-refractivity contribution in [3.8, 4) is 17.2 Å². The maximum absolute atomic E-state index is 12.1. The van der Waals surface area contributed by atoms with Crippen molar-refractivity contribution in [2.24, 2.45) is 0 Å². The molecule has 1 amide bonds. The summed E-state index contributed by atoms with van der Waals surface area (Å²) < 4.78 is 15.6. The van der Waals surface area contributed by atoms with E-state index in [4.69, 9.17) is 14.2 Å². The topological polar surface area (TPSA) is 99.9 Å². The van der Waals surface area contributed by atoms with Crippen molar-refractivity contribution >= 4 is 23.4 Å². The van der Waals surface area contributed by atoms with Crippen LogP contribution in [0.2, 0.25) is 0 Å². The maximum atomic E-state index is 12.1. The molecule has 8 nitrogen and oxygen atoms in total. The van der Waals surface area contributed by atoms with Crippen LogP contribution in [-0.2, 0) is 4.79 Å². The number of hydrogen-bond donors (Lipinski definition) is 1. The molecule has 0 saturated carbocycles. The number of nitrogens with zero attached hydrogens (tertiary/aromatic N) is 1. The van der Waals surface area contributed by atoms with Gasteiger partial charge in [-0.2, -0.15) is 0 Å². The number of hydrogen-bond acceptors (Lipinski definition) is 6. The minimum Gasteiger partial charge on any atom is -0.494 e. The van der Waals surface area contributed by atoms with Crippen LogP contribution in [0.4, 0.5) is 11.4 Å². The Bertz CT molecular complexity index is 863. The van der Waals surface area contributed by atoms with Crippen LogP contribution in [0.1, 0.15) is 12.5 Å². The van der Waals surface area contributed by atoms with Crippen LogP contribution in [0, 0.1) is 10.1 Å². The fraction of sp³-hybridized carbons (Fsp3) is 0.211. The molecule has 0 spiro atoms. The molecule has 0 aromatic heterocycles. The van der Waals surface area contributed by atoms with E-state index < -0.39 is 10.8 Å². The lowest BCUT2D eigenvalue weighted by Crippen LogP contribution is -2.09. The Morgan fingerprint density at radius 2 is 1.89 bits per heavy atom. The summed E-state index contributed by atoms with van der Waals surface area (Å²) in [6.45, 7) is 2.16. The van der Waals surface area contributed by atoms with Crippen molar-refractivity contribution in [1.82, 2.24) is 0 Å².